The summed E-state index contributed by atoms with van der Waals surface area (Å²) in [5, 5.41) is 11.6. The number of rotatable bonds is 1. The van der Waals surface area contributed by atoms with Crippen LogP contribution in [-0.2, 0) is 7.05 Å². The van der Waals surface area contributed by atoms with E-state index in [4.69, 9.17) is 0 Å². The normalized spacial score (nSPS) is 13.0. The molecule has 0 N–H and O–H groups in total. The molecule has 1 aromatic heterocycles. The summed E-state index contributed by atoms with van der Waals surface area (Å²) in [5.41, 5.74) is 0.536. The summed E-state index contributed by atoms with van der Waals surface area (Å²) in [7, 11) is 1.93. The maximum absolute atomic E-state index is 11.6. The lowest BCUT2D eigenvalue weighted by Gasteiger charge is -2.18. The van der Waals surface area contributed by atoms with Crippen LogP contribution in [0, 0.1) is 5.21 Å². The van der Waals surface area contributed by atoms with Crippen LogP contribution in [0.2, 0.25) is 0 Å². The van der Waals surface area contributed by atoms with Crippen LogP contribution in [0.1, 0.15) is 26.3 Å². The van der Waals surface area contributed by atoms with E-state index in [1.54, 1.807) is 6.21 Å². The highest BCUT2D eigenvalue weighted by molar-refractivity contribution is 5.74. The SMILES string of the molecule is C[n+]1cccc(/C=[N+](\[O-])C(C)(C)C)c1. The van der Waals surface area contributed by atoms with Gasteiger partial charge in [0.15, 0.2) is 24.1 Å². The third-order valence-electron chi connectivity index (χ3n) is 1.89. The van der Waals surface area contributed by atoms with Gasteiger partial charge in [-0.05, 0) is 6.07 Å². The average Bonchev–Trinajstić information content (AvgIpc) is 2.02. The van der Waals surface area contributed by atoms with E-state index < -0.39 is 0 Å². The number of aromatic nitrogens is 1. The monoisotopic (exact) mass is 193 g/mol. The molecule has 0 saturated carbocycles. The number of aryl methyl sites for hydroxylation is 1. The highest BCUT2D eigenvalue weighted by Crippen LogP contribution is 2.05. The Balaban J connectivity index is 2.98. The summed E-state index contributed by atoms with van der Waals surface area (Å²) < 4.78 is 2.89. The first kappa shape index (κ1) is 10.7. The molecule has 0 aliphatic rings. The molecular weight excluding hydrogens is 176 g/mol. The Morgan fingerprint density at radius 3 is 2.57 bits per heavy atom. The van der Waals surface area contributed by atoms with E-state index in [2.05, 4.69) is 0 Å². The first-order valence-corrected chi connectivity index (χ1v) is 4.66. The zero-order chi connectivity index (χ0) is 10.8. The molecule has 0 amide bonds. The van der Waals surface area contributed by atoms with Crippen molar-refractivity contribution in [1.82, 2.24) is 0 Å². The molecule has 0 fully saturated rings. The molecule has 0 spiro atoms. The Labute approximate surface area is 84.9 Å². The van der Waals surface area contributed by atoms with Crippen LogP contribution in [0.15, 0.2) is 24.5 Å². The molecule has 3 nitrogen and oxygen atoms in total. The van der Waals surface area contributed by atoms with Gasteiger partial charge >= 0.3 is 0 Å². The molecule has 1 heterocycles. The fourth-order valence-electron chi connectivity index (χ4n) is 1.02. The smallest absolute Gasteiger partial charge is 0.188 e. The van der Waals surface area contributed by atoms with E-state index in [0.717, 1.165) is 10.3 Å². The van der Waals surface area contributed by atoms with Gasteiger partial charge in [0.25, 0.3) is 0 Å². The van der Waals surface area contributed by atoms with Crippen LogP contribution < -0.4 is 4.57 Å². The highest BCUT2D eigenvalue weighted by atomic mass is 16.5. The zero-order valence-electron chi connectivity index (χ0n) is 9.19. The second kappa shape index (κ2) is 3.78. The minimum Gasteiger partial charge on any atom is -0.623 e. The molecule has 0 aromatic carbocycles. The number of nitrogens with zero attached hydrogens (tertiary/aromatic N) is 2. The summed E-state index contributed by atoms with van der Waals surface area (Å²) in [6.07, 6.45) is 5.46. The van der Waals surface area contributed by atoms with Gasteiger partial charge in [-0.2, -0.15) is 0 Å². The molecule has 1 rings (SSSR count). The second-order valence-corrected chi connectivity index (χ2v) is 4.43. The molecule has 0 aliphatic carbocycles. The van der Waals surface area contributed by atoms with E-state index in [1.165, 1.54) is 0 Å². The van der Waals surface area contributed by atoms with Crippen molar-refractivity contribution >= 4 is 6.21 Å². The number of hydrogen-bond donors (Lipinski definition) is 0. The van der Waals surface area contributed by atoms with Crippen LogP contribution in [0.4, 0.5) is 0 Å². The first-order chi connectivity index (χ1) is 6.39. The molecule has 0 saturated heterocycles. The minimum atomic E-state index is -0.381. The van der Waals surface area contributed by atoms with Gasteiger partial charge in [-0.3, -0.25) is 0 Å². The van der Waals surface area contributed by atoms with Crippen molar-refractivity contribution in [2.75, 3.05) is 0 Å². The van der Waals surface area contributed by atoms with Gasteiger partial charge in [0.1, 0.15) is 12.6 Å². The molecule has 0 aliphatic heterocycles. The van der Waals surface area contributed by atoms with E-state index in [1.807, 2.05) is 56.9 Å². The average molecular weight is 193 g/mol. The summed E-state index contributed by atoms with van der Waals surface area (Å²) in [6, 6.07) is 3.83. The van der Waals surface area contributed by atoms with Crippen molar-refractivity contribution in [1.29, 1.82) is 0 Å². The van der Waals surface area contributed by atoms with E-state index in [0.29, 0.717) is 0 Å². The molecule has 0 bridgehead atoms. The fourth-order valence-corrected chi connectivity index (χ4v) is 1.02. The van der Waals surface area contributed by atoms with E-state index in [-0.39, 0.29) is 5.54 Å². The van der Waals surface area contributed by atoms with Crippen LogP contribution in [0.25, 0.3) is 0 Å². The van der Waals surface area contributed by atoms with Crippen LogP contribution in [-0.4, -0.2) is 16.5 Å². The lowest BCUT2D eigenvalue weighted by molar-refractivity contribution is -0.671. The Kier molecular flexibility index (Phi) is 2.89. The maximum Gasteiger partial charge on any atom is 0.188 e. The summed E-state index contributed by atoms with van der Waals surface area (Å²) in [6.45, 7) is 5.66. The van der Waals surface area contributed by atoms with Crippen molar-refractivity contribution in [3.05, 3.63) is 35.3 Å². The van der Waals surface area contributed by atoms with Crippen molar-refractivity contribution in [2.24, 2.45) is 7.05 Å². The lowest BCUT2D eigenvalue weighted by atomic mass is 10.1. The second-order valence-electron chi connectivity index (χ2n) is 4.43. The number of hydrogen-bond acceptors (Lipinski definition) is 1. The molecule has 76 valence electrons. The largest absolute Gasteiger partial charge is 0.623 e. The summed E-state index contributed by atoms with van der Waals surface area (Å²) in [4.78, 5) is 0. The molecule has 14 heavy (non-hydrogen) atoms. The molecule has 0 atom stereocenters. The molecular formula is C11H17N2O+. The van der Waals surface area contributed by atoms with E-state index >= 15 is 0 Å². The number of pyridine rings is 1. The van der Waals surface area contributed by atoms with Gasteiger partial charge < -0.3 is 5.21 Å². The van der Waals surface area contributed by atoms with Crippen LogP contribution in [0.5, 0.6) is 0 Å². The van der Waals surface area contributed by atoms with Crippen molar-refractivity contribution in [2.45, 2.75) is 26.3 Å². The third kappa shape index (κ3) is 2.83. The van der Waals surface area contributed by atoms with Crippen molar-refractivity contribution in [3.63, 3.8) is 0 Å². The van der Waals surface area contributed by atoms with Gasteiger partial charge in [-0.25, -0.2) is 9.31 Å². The summed E-state index contributed by atoms with van der Waals surface area (Å²) >= 11 is 0. The fraction of sp³-hybridized carbons (Fsp3) is 0.455. The molecule has 0 unspecified atom stereocenters. The van der Waals surface area contributed by atoms with Gasteiger partial charge in [0.05, 0.1) is 0 Å². The summed E-state index contributed by atoms with van der Waals surface area (Å²) in [5.74, 6) is 0. The lowest BCUT2D eigenvalue weighted by Crippen LogP contribution is -2.31. The maximum atomic E-state index is 11.6. The third-order valence-corrected chi connectivity index (χ3v) is 1.89. The van der Waals surface area contributed by atoms with Crippen molar-refractivity contribution in [3.8, 4) is 0 Å². The van der Waals surface area contributed by atoms with Gasteiger partial charge in [-0.15, -0.1) is 0 Å². The van der Waals surface area contributed by atoms with Crippen LogP contribution in [0.3, 0.4) is 0 Å². The van der Waals surface area contributed by atoms with Gasteiger partial charge in [-0.1, -0.05) is 0 Å². The Hall–Kier alpha value is -1.38. The minimum absolute atomic E-state index is 0.381. The standard InChI is InChI=1S/C11H17N2O/c1-11(2,3)13(14)9-10-6-5-7-12(4)8-10/h5-9H,1-4H3/q+1/b13-9-. The molecule has 3 heteroatoms. The predicted octanol–water partition coefficient (Wildman–Crippen LogP) is 1.24. The topological polar surface area (TPSA) is 29.9 Å². The Bertz CT molecular complexity index is 351. The van der Waals surface area contributed by atoms with E-state index in [9.17, 15) is 5.21 Å². The van der Waals surface area contributed by atoms with Gasteiger partial charge in [0.2, 0.25) is 0 Å². The molecule has 0 radical (unpaired) electrons. The Morgan fingerprint density at radius 1 is 1.43 bits per heavy atom. The molecule has 1 aromatic rings. The number of hydroxylamine groups is 1. The van der Waals surface area contributed by atoms with Gasteiger partial charge in [0, 0.05) is 26.8 Å². The predicted molar refractivity (Wildman–Crippen MR) is 56.2 cm³/mol. The first-order valence-electron chi connectivity index (χ1n) is 4.66. The van der Waals surface area contributed by atoms with Crippen LogP contribution >= 0.6 is 0 Å². The quantitative estimate of drug-likeness (QED) is 0.285. The Morgan fingerprint density at radius 2 is 2.07 bits per heavy atom. The zero-order valence-corrected chi connectivity index (χ0v) is 9.19. The van der Waals surface area contributed by atoms with Crippen molar-refractivity contribution < 1.29 is 9.31 Å². The highest BCUT2D eigenvalue weighted by Gasteiger charge is 2.18.